The van der Waals surface area contributed by atoms with E-state index in [2.05, 4.69) is 22.2 Å². The van der Waals surface area contributed by atoms with Crippen molar-refractivity contribution in [1.29, 1.82) is 0 Å². The maximum atomic E-state index is 14.4. The van der Waals surface area contributed by atoms with Crippen LogP contribution in [-0.4, -0.2) is 59.1 Å². The third-order valence-corrected chi connectivity index (χ3v) is 6.15. The fourth-order valence-corrected chi connectivity index (χ4v) is 4.25. The Hall–Kier alpha value is -3.23. The number of aromatic nitrogens is 1. The molecule has 178 valence electrons. The molecule has 34 heavy (non-hydrogen) atoms. The van der Waals surface area contributed by atoms with Crippen LogP contribution in [0.3, 0.4) is 0 Å². The molecule has 0 spiro atoms. The van der Waals surface area contributed by atoms with E-state index in [0.717, 1.165) is 19.6 Å². The van der Waals surface area contributed by atoms with Gasteiger partial charge in [0.1, 0.15) is 22.8 Å². The van der Waals surface area contributed by atoms with Crippen molar-refractivity contribution in [2.24, 2.45) is 0 Å². The number of amides is 1. The molecule has 7 nitrogen and oxygen atoms in total. The summed E-state index contributed by atoms with van der Waals surface area (Å²) in [5.41, 5.74) is 1.06. The number of benzene rings is 2. The minimum atomic E-state index is -1.02. The lowest BCUT2D eigenvalue weighted by Gasteiger charge is -2.35. The molecule has 1 saturated heterocycles. The van der Waals surface area contributed by atoms with Crippen LogP contribution in [0.4, 0.5) is 4.39 Å². The number of aryl methyl sites for hydroxylation is 1. The van der Waals surface area contributed by atoms with E-state index in [-0.39, 0.29) is 33.5 Å². The van der Waals surface area contributed by atoms with Gasteiger partial charge < -0.3 is 14.2 Å². The van der Waals surface area contributed by atoms with Gasteiger partial charge in [0.05, 0.1) is 10.6 Å². The smallest absolute Gasteiger partial charge is 0.344 e. The summed E-state index contributed by atoms with van der Waals surface area (Å²) in [6, 6.07) is 14.3. The number of carbonyl (C=O) groups is 2. The van der Waals surface area contributed by atoms with Crippen LogP contribution in [0.5, 0.6) is 0 Å². The van der Waals surface area contributed by atoms with Crippen LogP contribution in [0.25, 0.3) is 11.3 Å². The van der Waals surface area contributed by atoms with Gasteiger partial charge in [-0.2, -0.15) is 0 Å². The molecule has 1 aliphatic rings. The highest BCUT2D eigenvalue weighted by Crippen LogP contribution is 2.34. The number of ether oxygens (including phenoxy) is 1. The SMILES string of the molecule is Cc1onc(-c2c(F)cccc2Cl)c1C(=O)OC(C)C(=O)N1CCN(Cc2ccccc2)CC1. The molecule has 0 N–H and O–H groups in total. The predicted molar refractivity (Wildman–Crippen MR) is 125 cm³/mol. The summed E-state index contributed by atoms with van der Waals surface area (Å²) in [5, 5.41) is 3.90. The standard InChI is InChI=1S/C25H25ClFN3O4/c1-16-21(23(28-34-16)22-19(26)9-6-10-20(22)27)25(32)33-17(2)24(31)30-13-11-29(12-14-30)15-18-7-4-3-5-8-18/h3-10,17H,11-15H2,1-2H3. The van der Waals surface area contributed by atoms with Crippen molar-refractivity contribution in [2.45, 2.75) is 26.5 Å². The number of carbonyl (C=O) groups excluding carboxylic acids is 2. The van der Waals surface area contributed by atoms with E-state index < -0.39 is 17.9 Å². The number of halogens is 2. The Labute approximate surface area is 202 Å². The summed E-state index contributed by atoms with van der Waals surface area (Å²) in [6.07, 6.45) is -1.02. The molecule has 0 saturated carbocycles. The summed E-state index contributed by atoms with van der Waals surface area (Å²) < 4.78 is 25.0. The van der Waals surface area contributed by atoms with Crippen molar-refractivity contribution < 1.29 is 23.2 Å². The molecule has 1 aromatic heterocycles. The average Bonchev–Trinajstić information content (AvgIpc) is 3.20. The van der Waals surface area contributed by atoms with Gasteiger partial charge in [0, 0.05) is 32.7 Å². The van der Waals surface area contributed by atoms with E-state index in [0.29, 0.717) is 13.1 Å². The first-order chi connectivity index (χ1) is 16.3. The Morgan fingerprint density at radius 1 is 1.12 bits per heavy atom. The summed E-state index contributed by atoms with van der Waals surface area (Å²) >= 11 is 6.13. The fraction of sp³-hybridized carbons (Fsp3) is 0.320. The first-order valence-electron chi connectivity index (χ1n) is 11.0. The first kappa shape index (κ1) is 23.9. The zero-order valence-corrected chi connectivity index (χ0v) is 19.7. The second-order valence-corrected chi connectivity index (χ2v) is 8.60. The van der Waals surface area contributed by atoms with Crippen molar-refractivity contribution in [3.05, 3.63) is 76.3 Å². The Morgan fingerprint density at radius 3 is 2.50 bits per heavy atom. The maximum absolute atomic E-state index is 14.4. The Kier molecular flexibility index (Phi) is 7.29. The summed E-state index contributed by atoms with van der Waals surface area (Å²) in [5.74, 6) is -1.61. The fourth-order valence-electron chi connectivity index (χ4n) is 4.00. The Balaban J connectivity index is 1.39. The van der Waals surface area contributed by atoms with Gasteiger partial charge in [-0.1, -0.05) is 53.2 Å². The van der Waals surface area contributed by atoms with E-state index in [9.17, 15) is 14.0 Å². The summed E-state index contributed by atoms with van der Waals surface area (Å²) in [6.45, 7) is 6.38. The normalized spacial score (nSPS) is 15.2. The molecule has 1 aliphatic heterocycles. The molecule has 0 radical (unpaired) electrons. The van der Waals surface area contributed by atoms with E-state index in [1.54, 1.807) is 4.90 Å². The third-order valence-electron chi connectivity index (χ3n) is 5.83. The molecular weight excluding hydrogens is 461 g/mol. The van der Waals surface area contributed by atoms with Crippen LogP contribution in [-0.2, 0) is 16.1 Å². The lowest BCUT2D eigenvalue weighted by Crippen LogP contribution is -2.51. The third kappa shape index (κ3) is 5.13. The minimum absolute atomic E-state index is 0.0542. The molecule has 0 aliphatic carbocycles. The van der Waals surface area contributed by atoms with Gasteiger partial charge in [0.15, 0.2) is 6.10 Å². The van der Waals surface area contributed by atoms with Crippen molar-refractivity contribution in [1.82, 2.24) is 15.0 Å². The molecule has 3 aromatic rings. The monoisotopic (exact) mass is 485 g/mol. The van der Waals surface area contributed by atoms with Crippen LogP contribution >= 0.6 is 11.6 Å². The maximum Gasteiger partial charge on any atom is 0.344 e. The molecule has 2 heterocycles. The van der Waals surface area contributed by atoms with E-state index >= 15 is 0 Å². The Bertz CT molecular complexity index is 1160. The minimum Gasteiger partial charge on any atom is -0.449 e. The topological polar surface area (TPSA) is 75.9 Å². The second-order valence-electron chi connectivity index (χ2n) is 8.19. The zero-order valence-electron chi connectivity index (χ0n) is 19.0. The van der Waals surface area contributed by atoms with Gasteiger partial charge in [-0.05, 0) is 31.5 Å². The lowest BCUT2D eigenvalue weighted by atomic mass is 10.1. The molecule has 4 rings (SSSR count). The van der Waals surface area contributed by atoms with Crippen molar-refractivity contribution in [3.63, 3.8) is 0 Å². The number of nitrogens with zero attached hydrogens (tertiary/aromatic N) is 3. The highest BCUT2D eigenvalue weighted by Gasteiger charge is 2.31. The van der Waals surface area contributed by atoms with Gasteiger partial charge in [-0.3, -0.25) is 9.69 Å². The first-order valence-corrected chi connectivity index (χ1v) is 11.4. The van der Waals surface area contributed by atoms with Gasteiger partial charge >= 0.3 is 5.97 Å². The molecule has 1 atom stereocenters. The van der Waals surface area contributed by atoms with Gasteiger partial charge in [-0.25, -0.2) is 9.18 Å². The molecular formula is C25H25ClFN3O4. The number of piperazine rings is 1. The summed E-state index contributed by atoms with van der Waals surface area (Å²) in [7, 11) is 0. The van der Waals surface area contributed by atoms with Gasteiger partial charge in [-0.15, -0.1) is 0 Å². The Morgan fingerprint density at radius 2 is 1.82 bits per heavy atom. The molecule has 1 unspecified atom stereocenters. The molecule has 0 bridgehead atoms. The number of esters is 1. The van der Waals surface area contributed by atoms with Crippen LogP contribution in [0.15, 0.2) is 53.1 Å². The second kappa shape index (κ2) is 10.4. The highest BCUT2D eigenvalue weighted by atomic mass is 35.5. The summed E-state index contributed by atoms with van der Waals surface area (Å²) in [4.78, 5) is 29.8. The molecule has 1 fully saturated rings. The number of hydrogen-bond donors (Lipinski definition) is 0. The van der Waals surface area contributed by atoms with E-state index in [4.69, 9.17) is 20.9 Å². The average molecular weight is 486 g/mol. The number of rotatable bonds is 6. The number of hydrogen-bond acceptors (Lipinski definition) is 6. The van der Waals surface area contributed by atoms with Crippen LogP contribution in [0, 0.1) is 12.7 Å². The van der Waals surface area contributed by atoms with Crippen LogP contribution in [0.2, 0.25) is 5.02 Å². The lowest BCUT2D eigenvalue weighted by molar-refractivity contribution is -0.141. The molecule has 2 aromatic carbocycles. The predicted octanol–water partition coefficient (Wildman–Crippen LogP) is 4.33. The molecule has 9 heteroatoms. The quantitative estimate of drug-likeness (QED) is 0.484. The van der Waals surface area contributed by atoms with Crippen LogP contribution in [0.1, 0.15) is 28.6 Å². The van der Waals surface area contributed by atoms with Gasteiger partial charge in [0.25, 0.3) is 5.91 Å². The van der Waals surface area contributed by atoms with Crippen LogP contribution < -0.4 is 0 Å². The molecule has 1 amide bonds. The van der Waals surface area contributed by atoms with E-state index in [1.807, 2.05) is 18.2 Å². The van der Waals surface area contributed by atoms with Gasteiger partial charge in [0.2, 0.25) is 0 Å². The highest BCUT2D eigenvalue weighted by molar-refractivity contribution is 6.33. The largest absolute Gasteiger partial charge is 0.449 e. The van der Waals surface area contributed by atoms with Crippen molar-refractivity contribution in [3.8, 4) is 11.3 Å². The van der Waals surface area contributed by atoms with Crippen molar-refractivity contribution >= 4 is 23.5 Å². The zero-order chi connectivity index (χ0) is 24.2. The van der Waals surface area contributed by atoms with E-state index in [1.165, 1.54) is 37.6 Å². The van der Waals surface area contributed by atoms with Crippen molar-refractivity contribution in [2.75, 3.05) is 26.2 Å².